The molecule has 96 valence electrons. The molecule has 16 heavy (non-hydrogen) atoms. The highest BCUT2D eigenvalue weighted by atomic mass is 16.7. The first-order valence-corrected chi connectivity index (χ1v) is 5.89. The molecule has 0 aromatic heterocycles. The summed E-state index contributed by atoms with van der Waals surface area (Å²) in [6, 6.07) is 0. The van der Waals surface area contributed by atoms with Crippen molar-refractivity contribution in [2.45, 2.75) is 40.2 Å². The van der Waals surface area contributed by atoms with Gasteiger partial charge in [-0.3, -0.25) is 0 Å². The van der Waals surface area contributed by atoms with Gasteiger partial charge < -0.3 is 14.6 Å². The van der Waals surface area contributed by atoms with E-state index in [-0.39, 0.29) is 6.10 Å². The number of rotatable bonds is 8. The fraction of sp³-hybridized carbons (Fsp3) is 0.846. The first-order valence-electron chi connectivity index (χ1n) is 5.89. The van der Waals surface area contributed by atoms with Gasteiger partial charge in [0.2, 0.25) is 0 Å². The minimum Gasteiger partial charge on any atom is -0.393 e. The monoisotopic (exact) mass is 230 g/mol. The van der Waals surface area contributed by atoms with Crippen LogP contribution in [0.3, 0.4) is 0 Å². The Balaban J connectivity index is 3.91. The highest BCUT2D eigenvalue weighted by Gasteiger charge is 2.10. The molecule has 0 spiro atoms. The van der Waals surface area contributed by atoms with Crippen LogP contribution in [0.5, 0.6) is 0 Å². The molecule has 0 radical (unpaired) electrons. The van der Waals surface area contributed by atoms with E-state index in [9.17, 15) is 5.11 Å². The molecule has 0 aliphatic rings. The van der Waals surface area contributed by atoms with Crippen molar-refractivity contribution in [2.75, 3.05) is 20.5 Å². The van der Waals surface area contributed by atoms with Gasteiger partial charge in [-0.1, -0.05) is 32.4 Å². The Bertz CT molecular complexity index is 199. The quantitative estimate of drug-likeness (QED) is 0.396. The maximum Gasteiger partial charge on any atom is 0.146 e. The van der Waals surface area contributed by atoms with E-state index in [1.165, 1.54) is 5.57 Å². The molecule has 3 heteroatoms. The summed E-state index contributed by atoms with van der Waals surface area (Å²) in [5.74, 6) is 0.665. The van der Waals surface area contributed by atoms with Gasteiger partial charge in [0.15, 0.2) is 0 Å². The summed E-state index contributed by atoms with van der Waals surface area (Å²) < 4.78 is 10.1. The van der Waals surface area contributed by atoms with Gasteiger partial charge in [-0.25, -0.2) is 0 Å². The zero-order valence-electron chi connectivity index (χ0n) is 11.2. The maximum absolute atomic E-state index is 9.73. The van der Waals surface area contributed by atoms with E-state index in [0.29, 0.717) is 25.2 Å². The van der Waals surface area contributed by atoms with Crippen LogP contribution in [0, 0.1) is 11.8 Å². The van der Waals surface area contributed by atoms with E-state index in [1.807, 2.05) is 13.8 Å². The molecule has 0 saturated carbocycles. The van der Waals surface area contributed by atoms with Crippen LogP contribution in [-0.4, -0.2) is 31.7 Å². The van der Waals surface area contributed by atoms with Crippen LogP contribution >= 0.6 is 0 Å². The zero-order chi connectivity index (χ0) is 12.6. The number of aliphatic hydroxyl groups excluding tert-OH is 1. The second kappa shape index (κ2) is 8.74. The molecule has 0 bridgehead atoms. The zero-order valence-corrected chi connectivity index (χ0v) is 11.2. The number of hydrogen-bond acceptors (Lipinski definition) is 3. The largest absolute Gasteiger partial charge is 0.393 e. The van der Waals surface area contributed by atoms with E-state index in [1.54, 1.807) is 7.11 Å². The van der Waals surface area contributed by atoms with Gasteiger partial charge in [0.05, 0.1) is 12.7 Å². The summed E-state index contributed by atoms with van der Waals surface area (Å²) >= 11 is 0. The molecule has 0 aliphatic heterocycles. The second-order valence-electron chi connectivity index (χ2n) is 4.78. The standard InChI is InChI=1S/C13H26O3/c1-10(2)13(14)7-11(3)6-12(4)8-16-9-15-5/h6,10,12-14H,7-9H2,1-5H3/b11-6-/t12-,13+/m1/s1. The molecule has 0 unspecified atom stereocenters. The molecule has 0 saturated heterocycles. The normalized spacial score (nSPS) is 16.6. The molecule has 0 rings (SSSR count). The molecular formula is C13H26O3. The van der Waals surface area contributed by atoms with E-state index in [2.05, 4.69) is 19.9 Å². The molecule has 2 atom stereocenters. The smallest absolute Gasteiger partial charge is 0.146 e. The molecule has 0 heterocycles. The summed E-state index contributed by atoms with van der Waals surface area (Å²) in [7, 11) is 1.62. The molecule has 0 aliphatic carbocycles. The first kappa shape index (κ1) is 15.6. The summed E-state index contributed by atoms with van der Waals surface area (Å²) in [6.07, 6.45) is 2.65. The number of aliphatic hydroxyl groups is 1. The summed E-state index contributed by atoms with van der Waals surface area (Å²) in [4.78, 5) is 0. The van der Waals surface area contributed by atoms with Gasteiger partial charge in [0.25, 0.3) is 0 Å². The van der Waals surface area contributed by atoms with Crippen LogP contribution in [0.2, 0.25) is 0 Å². The maximum atomic E-state index is 9.73. The third-order valence-corrected chi connectivity index (χ3v) is 2.45. The summed E-state index contributed by atoms with van der Waals surface area (Å²) in [5, 5.41) is 9.73. The van der Waals surface area contributed by atoms with Gasteiger partial charge in [0.1, 0.15) is 6.79 Å². The van der Waals surface area contributed by atoms with Crippen LogP contribution in [0.4, 0.5) is 0 Å². The minimum atomic E-state index is -0.247. The van der Waals surface area contributed by atoms with Gasteiger partial charge >= 0.3 is 0 Å². The molecule has 0 aromatic rings. The van der Waals surface area contributed by atoms with Crippen molar-refractivity contribution in [2.24, 2.45) is 11.8 Å². The molecule has 0 amide bonds. The summed E-state index contributed by atoms with van der Waals surface area (Å²) in [6.45, 7) is 9.21. The third kappa shape index (κ3) is 7.85. The number of ether oxygens (including phenoxy) is 2. The van der Waals surface area contributed by atoms with Gasteiger partial charge in [-0.15, -0.1) is 0 Å². The van der Waals surface area contributed by atoms with Crippen molar-refractivity contribution in [1.82, 2.24) is 0 Å². The number of methoxy groups -OCH3 is 1. The first-order chi connectivity index (χ1) is 7.47. The number of hydrogen-bond donors (Lipinski definition) is 1. The van der Waals surface area contributed by atoms with Crippen LogP contribution in [0.25, 0.3) is 0 Å². The van der Waals surface area contributed by atoms with Crippen molar-refractivity contribution < 1.29 is 14.6 Å². The van der Waals surface area contributed by atoms with E-state index in [4.69, 9.17) is 9.47 Å². The minimum absolute atomic E-state index is 0.247. The van der Waals surface area contributed by atoms with Crippen LogP contribution < -0.4 is 0 Å². The average Bonchev–Trinajstić information content (AvgIpc) is 2.17. The lowest BCUT2D eigenvalue weighted by atomic mass is 9.98. The molecular weight excluding hydrogens is 204 g/mol. The van der Waals surface area contributed by atoms with Crippen molar-refractivity contribution in [3.63, 3.8) is 0 Å². The lowest BCUT2D eigenvalue weighted by molar-refractivity contribution is -0.0372. The predicted molar refractivity (Wildman–Crippen MR) is 66.2 cm³/mol. The van der Waals surface area contributed by atoms with E-state index >= 15 is 0 Å². The summed E-state index contributed by atoms with van der Waals surface area (Å²) in [5.41, 5.74) is 1.22. The highest BCUT2D eigenvalue weighted by Crippen LogP contribution is 2.14. The Hall–Kier alpha value is -0.380. The van der Waals surface area contributed by atoms with Crippen molar-refractivity contribution >= 4 is 0 Å². The Kier molecular flexibility index (Phi) is 8.53. The lowest BCUT2D eigenvalue weighted by Crippen LogP contribution is -2.15. The highest BCUT2D eigenvalue weighted by molar-refractivity contribution is 5.02. The fourth-order valence-corrected chi connectivity index (χ4v) is 1.48. The predicted octanol–water partition coefficient (Wildman–Crippen LogP) is 2.60. The van der Waals surface area contributed by atoms with Gasteiger partial charge in [0, 0.05) is 7.11 Å². The molecule has 3 nitrogen and oxygen atoms in total. The Morgan fingerprint density at radius 1 is 1.31 bits per heavy atom. The van der Waals surface area contributed by atoms with Crippen molar-refractivity contribution in [1.29, 1.82) is 0 Å². The third-order valence-electron chi connectivity index (χ3n) is 2.45. The van der Waals surface area contributed by atoms with Crippen molar-refractivity contribution in [3.8, 4) is 0 Å². The lowest BCUT2D eigenvalue weighted by Gasteiger charge is -2.15. The SMILES string of the molecule is COCOC[C@H](C)/C=C(/C)C[C@H](O)C(C)C. The van der Waals surface area contributed by atoms with Crippen molar-refractivity contribution in [3.05, 3.63) is 11.6 Å². The van der Waals surface area contributed by atoms with Gasteiger partial charge in [-0.05, 0) is 25.2 Å². The molecule has 1 N–H and O–H groups in total. The fourth-order valence-electron chi connectivity index (χ4n) is 1.48. The van der Waals surface area contributed by atoms with Crippen LogP contribution in [-0.2, 0) is 9.47 Å². The second-order valence-corrected chi connectivity index (χ2v) is 4.78. The Labute approximate surface area is 99.5 Å². The van der Waals surface area contributed by atoms with Crippen LogP contribution in [0.15, 0.2) is 11.6 Å². The van der Waals surface area contributed by atoms with E-state index in [0.717, 1.165) is 6.42 Å². The van der Waals surface area contributed by atoms with Crippen LogP contribution in [0.1, 0.15) is 34.1 Å². The topological polar surface area (TPSA) is 38.7 Å². The Morgan fingerprint density at radius 2 is 1.94 bits per heavy atom. The Morgan fingerprint density at radius 3 is 2.44 bits per heavy atom. The average molecular weight is 230 g/mol. The van der Waals surface area contributed by atoms with Gasteiger partial charge in [-0.2, -0.15) is 0 Å². The van der Waals surface area contributed by atoms with E-state index < -0.39 is 0 Å². The molecule has 0 fully saturated rings. The molecule has 0 aromatic carbocycles.